The molecule has 0 saturated carbocycles. The minimum Gasteiger partial charge on any atom is -0.118 e. The van der Waals surface area contributed by atoms with Crippen molar-refractivity contribution in [3.05, 3.63) is 69.7 Å². The van der Waals surface area contributed by atoms with E-state index in [1.807, 2.05) is 24.3 Å². The Morgan fingerprint density at radius 2 is 1.26 bits per heavy atom. The van der Waals surface area contributed by atoms with E-state index in [1.165, 1.54) is 5.56 Å². The van der Waals surface area contributed by atoms with Gasteiger partial charge in [0.05, 0.1) is 10.8 Å². The molecule has 2 aromatic rings. The molecule has 0 radical (unpaired) electrons. The van der Waals surface area contributed by atoms with Crippen LogP contribution in [0, 0.1) is 6.92 Å². The lowest BCUT2D eigenvalue weighted by Crippen LogP contribution is -1.97. The maximum Gasteiger partial charge on any atom is 0.0602 e. The molecule has 0 aromatic heterocycles. The highest BCUT2D eigenvalue weighted by molar-refractivity contribution is 9.10. The van der Waals surface area contributed by atoms with E-state index < -0.39 is 0 Å². The summed E-state index contributed by atoms with van der Waals surface area (Å²) in [6.07, 6.45) is 0.716. The highest BCUT2D eigenvalue weighted by Crippen LogP contribution is 2.35. The third-order valence-corrected chi connectivity index (χ3v) is 4.47. The molecule has 0 spiro atoms. The largest absolute Gasteiger partial charge is 0.118 e. The number of benzene rings is 2. The zero-order chi connectivity index (χ0) is 13.8. The second-order valence-corrected chi connectivity index (χ2v) is 6.60. The highest BCUT2D eigenvalue weighted by atomic mass is 79.9. The Bertz CT molecular complexity index is 470. The molecule has 0 aliphatic rings. The number of rotatable bonds is 4. The maximum atomic E-state index is 6.44. The summed E-state index contributed by atoms with van der Waals surface area (Å²) in [5.41, 5.74) is 3.46. The summed E-state index contributed by atoms with van der Waals surface area (Å²) in [5.74, 6) is 0. The van der Waals surface area contributed by atoms with Crippen molar-refractivity contribution < 1.29 is 0 Å². The minimum atomic E-state index is -0.0723. The van der Waals surface area contributed by atoms with Gasteiger partial charge in [0, 0.05) is 4.47 Å². The number of halogens is 3. The van der Waals surface area contributed by atoms with E-state index in [-0.39, 0.29) is 10.8 Å². The van der Waals surface area contributed by atoms with Crippen LogP contribution < -0.4 is 0 Å². The van der Waals surface area contributed by atoms with Crippen molar-refractivity contribution >= 4 is 39.1 Å². The molecule has 0 N–H and O–H groups in total. The monoisotopic (exact) mass is 356 g/mol. The predicted molar refractivity (Wildman–Crippen MR) is 87.1 cm³/mol. The maximum absolute atomic E-state index is 6.44. The summed E-state index contributed by atoms with van der Waals surface area (Å²) in [6, 6.07) is 16.3. The Kier molecular flexibility index (Phi) is 5.32. The highest BCUT2D eigenvalue weighted by Gasteiger charge is 2.15. The molecule has 0 aliphatic carbocycles. The van der Waals surface area contributed by atoms with Crippen LogP contribution in [0.15, 0.2) is 53.0 Å². The Morgan fingerprint density at radius 3 is 1.74 bits per heavy atom. The van der Waals surface area contributed by atoms with E-state index in [9.17, 15) is 0 Å². The molecule has 19 heavy (non-hydrogen) atoms. The van der Waals surface area contributed by atoms with Crippen molar-refractivity contribution in [3.8, 4) is 0 Å². The standard InChI is InChI=1S/C16H15BrCl2/c1-11-2-4-12(5-3-11)15(18)10-16(19)13-6-8-14(17)9-7-13/h2-9,15-16H,10H2,1H3. The van der Waals surface area contributed by atoms with Crippen LogP contribution in [0.25, 0.3) is 0 Å². The van der Waals surface area contributed by atoms with Crippen LogP contribution in [0.5, 0.6) is 0 Å². The third kappa shape index (κ3) is 4.24. The van der Waals surface area contributed by atoms with Crippen LogP contribution in [-0.2, 0) is 0 Å². The van der Waals surface area contributed by atoms with Gasteiger partial charge in [0.25, 0.3) is 0 Å². The molecule has 0 amide bonds. The van der Waals surface area contributed by atoms with Crippen LogP contribution in [0.2, 0.25) is 0 Å². The summed E-state index contributed by atoms with van der Waals surface area (Å²) in [7, 11) is 0. The molecular weight excluding hydrogens is 343 g/mol. The van der Waals surface area contributed by atoms with Gasteiger partial charge in [0.15, 0.2) is 0 Å². The molecule has 2 atom stereocenters. The van der Waals surface area contributed by atoms with E-state index in [1.54, 1.807) is 0 Å². The molecule has 3 heteroatoms. The van der Waals surface area contributed by atoms with Gasteiger partial charge in [0.1, 0.15) is 0 Å². The van der Waals surface area contributed by atoms with Crippen molar-refractivity contribution in [1.82, 2.24) is 0 Å². The van der Waals surface area contributed by atoms with Crippen molar-refractivity contribution in [2.75, 3.05) is 0 Å². The molecule has 0 bridgehead atoms. The first-order chi connectivity index (χ1) is 9.06. The van der Waals surface area contributed by atoms with Gasteiger partial charge < -0.3 is 0 Å². The summed E-state index contributed by atoms with van der Waals surface area (Å²) in [5, 5.41) is -0.136. The van der Waals surface area contributed by atoms with E-state index in [2.05, 4.69) is 47.1 Å². The fourth-order valence-electron chi connectivity index (χ4n) is 1.90. The first-order valence-electron chi connectivity index (χ1n) is 6.16. The molecule has 2 aromatic carbocycles. The average Bonchev–Trinajstić information content (AvgIpc) is 2.40. The van der Waals surface area contributed by atoms with Gasteiger partial charge >= 0.3 is 0 Å². The zero-order valence-electron chi connectivity index (χ0n) is 10.6. The predicted octanol–water partition coefficient (Wildman–Crippen LogP) is 6.41. The van der Waals surface area contributed by atoms with Gasteiger partial charge in [-0.25, -0.2) is 0 Å². The summed E-state index contributed by atoms with van der Waals surface area (Å²) in [4.78, 5) is 0. The lowest BCUT2D eigenvalue weighted by Gasteiger charge is -2.15. The SMILES string of the molecule is Cc1ccc(C(Cl)CC(Cl)c2ccc(Br)cc2)cc1. The van der Waals surface area contributed by atoms with Gasteiger partial charge in [-0.15, -0.1) is 23.2 Å². The van der Waals surface area contributed by atoms with Gasteiger partial charge in [-0.1, -0.05) is 57.9 Å². The van der Waals surface area contributed by atoms with Crippen LogP contribution in [0.1, 0.15) is 33.9 Å². The molecule has 0 saturated heterocycles. The Labute approximate surface area is 132 Å². The zero-order valence-corrected chi connectivity index (χ0v) is 13.7. The van der Waals surface area contributed by atoms with Gasteiger partial charge in [0.2, 0.25) is 0 Å². The molecule has 0 nitrogen and oxygen atoms in total. The van der Waals surface area contributed by atoms with Crippen LogP contribution in [0.3, 0.4) is 0 Å². The van der Waals surface area contributed by atoms with Crippen molar-refractivity contribution in [2.24, 2.45) is 0 Å². The lowest BCUT2D eigenvalue weighted by atomic mass is 10.0. The average molecular weight is 358 g/mol. The first kappa shape index (κ1) is 14.9. The number of hydrogen-bond acceptors (Lipinski definition) is 0. The Balaban J connectivity index is 2.03. The Morgan fingerprint density at radius 1 is 0.842 bits per heavy atom. The lowest BCUT2D eigenvalue weighted by molar-refractivity contribution is 0.768. The molecule has 100 valence electrons. The molecule has 2 rings (SSSR count). The summed E-state index contributed by atoms with van der Waals surface area (Å²) in [6.45, 7) is 2.07. The van der Waals surface area contributed by atoms with Crippen molar-refractivity contribution in [3.63, 3.8) is 0 Å². The third-order valence-electron chi connectivity index (χ3n) is 3.08. The van der Waals surface area contributed by atoms with E-state index in [0.717, 1.165) is 15.6 Å². The van der Waals surface area contributed by atoms with E-state index in [4.69, 9.17) is 23.2 Å². The quantitative estimate of drug-likeness (QED) is 0.554. The van der Waals surface area contributed by atoms with Crippen molar-refractivity contribution in [1.29, 1.82) is 0 Å². The Hall–Kier alpha value is -0.500. The molecular formula is C16H15BrCl2. The summed E-state index contributed by atoms with van der Waals surface area (Å²) < 4.78 is 1.06. The van der Waals surface area contributed by atoms with Crippen LogP contribution in [-0.4, -0.2) is 0 Å². The minimum absolute atomic E-state index is 0.0632. The fourth-order valence-corrected chi connectivity index (χ4v) is 2.90. The second kappa shape index (κ2) is 6.78. The number of hydrogen-bond donors (Lipinski definition) is 0. The van der Waals surface area contributed by atoms with Crippen molar-refractivity contribution in [2.45, 2.75) is 24.1 Å². The first-order valence-corrected chi connectivity index (χ1v) is 7.83. The van der Waals surface area contributed by atoms with Gasteiger partial charge in [-0.2, -0.15) is 0 Å². The summed E-state index contributed by atoms with van der Waals surface area (Å²) >= 11 is 16.3. The van der Waals surface area contributed by atoms with E-state index in [0.29, 0.717) is 6.42 Å². The van der Waals surface area contributed by atoms with Crippen LogP contribution >= 0.6 is 39.1 Å². The fraction of sp³-hybridized carbons (Fsp3) is 0.250. The molecule has 0 heterocycles. The smallest absolute Gasteiger partial charge is 0.0602 e. The molecule has 0 fully saturated rings. The van der Waals surface area contributed by atoms with Gasteiger partial charge in [-0.05, 0) is 36.6 Å². The topological polar surface area (TPSA) is 0 Å². The molecule has 2 unspecified atom stereocenters. The van der Waals surface area contributed by atoms with Gasteiger partial charge in [-0.3, -0.25) is 0 Å². The molecule has 0 aliphatic heterocycles. The normalized spacial score (nSPS) is 14.1. The second-order valence-electron chi connectivity index (χ2n) is 4.63. The number of aryl methyl sites for hydroxylation is 1. The van der Waals surface area contributed by atoms with E-state index >= 15 is 0 Å². The number of alkyl halides is 2. The van der Waals surface area contributed by atoms with Crippen LogP contribution in [0.4, 0.5) is 0 Å².